The van der Waals surface area contributed by atoms with Gasteiger partial charge in [-0.1, -0.05) is 55.1 Å². The van der Waals surface area contributed by atoms with Crippen LogP contribution in [0, 0.1) is 11.3 Å². The van der Waals surface area contributed by atoms with Gasteiger partial charge in [-0.3, -0.25) is 0 Å². The second-order valence-corrected chi connectivity index (χ2v) is 4.20. The van der Waals surface area contributed by atoms with Crippen molar-refractivity contribution in [3.63, 3.8) is 0 Å². The normalized spacial score (nSPS) is 10.7. The number of nitrogens with zero attached hydrogens (tertiary/aromatic N) is 1. The van der Waals surface area contributed by atoms with Crippen molar-refractivity contribution in [3.8, 4) is 11.8 Å². The summed E-state index contributed by atoms with van der Waals surface area (Å²) in [6.45, 7) is 4.10. The van der Waals surface area contributed by atoms with Gasteiger partial charge in [0, 0.05) is 0 Å². The van der Waals surface area contributed by atoms with E-state index in [-0.39, 0.29) is 0 Å². The van der Waals surface area contributed by atoms with Crippen molar-refractivity contribution in [1.29, 1.82) is 5.26 Å². The first kappa shape index (κ1) is 13.6. The number of ether oxygens (including phenoxy) is 1. The fourth-order valence-electron chi connectivity index (χ4n) is 1.78. The summed E-state index contributed by atoms with van der Waals surface area (Å²) in [6, 6.07) is 19.5. The van der Waals surface area contributed by atoms with Gasteiger partial charge in [-0.25, -0.2) is 0 Å². The van der Waals surface area contributed by atoms with E-state index in [1.54, 1.807) is 6.08 Å². The summed E-state index contributed by atoms with van der Waals surface area (Å²) in [5.74, 6) is 0.792. The van der Waals surface area contributed by atoms with Crippen molar-refractivity contribution in [2.45, 2.75) is 0 Å². The molecule has 0 heterocycles. The van der Waals surface area contributed by atoms with Crippen LogP contribution in [0.3, 0.4) is 0 Å². The van der Waals surface area contributed by atoms with E-state index in [2.05, 4.69) is 12.6 Å². The molecule has 0 aliphatic heterocycles. The van der Waals surface area contributed by atoms with Gasteiger partial charge in [0.2, 0.25) is 0 Å². The first-order valence-corrected chi connectivity index (χ1v) is 6.34. The van der Waals surface area contributed by atoms with E-state index in [1.807, 2.05) is 60.7 Å². The van der Waals surface area contributed by atoms with Crippen molar-refractivity contribution in [2.24, 2.45) is 0 Å². The van der Waals surface area contributed by atoms with Crippen molar-refractivity contribution in [3.05, 3.63) is 78.4 Å². The Labute approximate surface area is 119 Å². The lowest BCUT2D eigenvalue weighted by Gasteiger charge is -2.03. The molecule has 0 atom stereocenters. The standard InChI is InChI=1S/C18H15NO/c1-2-12-20-18-10-8-15(9-11-18)13-17(14-19)16-6-4-3-5-7-16/h2-11,13H,1,12H2/b17-13-. The predicted molar refractivity (Wildman–Crippen MR) is 82.1 cm³/mol. The number of benzene rings is 2. The molecule has 0 saturated carbocycles. The lowest BCUT2D eigenvalue weighted by Crippen LogP contribution is -1.92. The summed E-state index contributed by atoms with van der Waals surface area (Å²) in [6.07, 6.45) is 3.57. The molecule has 0 fully saturated rings. The molecular formula is C18H15NO. The minimum atomic E-state index is 0.489. The number of allylic oxidation sites excluding steroid dienone is 1. The number of hydrogen-bond acceptors (Lipinski definition) is 2. The molecule has 0 saturated heterocycles. The molecule has 0 unspecified atom stereocenters. The maximum atomic E-state index is 9.26. The largest absolute Gasteiger partial charge is 0.490 e. The Kier molecular flexibility index (Phi) is 4.75. The average Bonchev–Trinajstić information content (AvgIpc) is 2.52. The Balaban J connectivity index is 2.21. The summed E-state index contributed by atoms with van der Waals surface area (Å²) < 4.78 is 5.42. The van der Waals surface area contributed by atoms with Gasteiger partial charge in [-0.2, -0.15) is 5.26 Å². The van der Waals surface area contributed by atoms with Crippen LogP contribution in [0.2, 0.25) is 0 Å². The molecule has 0 spiro atoms. The SMILES string of the molecule is C=CCOc1ccc(/C=C(/C#N)c2ccccc2)cc1. The van der Waals surface area contributed by atoms with Gasteiger partial charge in [-0.15, -0.1) is 0 Å². The Bertz CT molecular complexity index is 633. The molecule has 98 valence electrons. The lowest BCUT2D eigenvalue weighted by atomic mass is 10.0. The molecule has 2 heteroatoms. The Morgan fingerprint density at radius 3 is 2.40 bits per heavy atom. The van der Waals surface area contributed by atoms with Gasteiger partial charge in [-0.05, 0) is 29.3 Å². The van der Waals surface area contributed by atoms with Crippen LogP contribution < -0.4 is 4.74 Å². The molecule has 0 radical (unpaired) electrons. The summed E-state index contributed by atoms with van der Waals surface area (Å²) >= 11 is 0. The third kappa shape index (κ3) is 3.60. The van der Waals surface area contributed by atoms with Gasteiger partial charge in [0.15, 0.2) is 0 Å². The monoisotopic (exact) mass is 261 g/mol. The number of rotatable bonds is 5. The third-order valence-corrected chi connectivity index (χ3v) is 2.76. The zero-order chi connectivity index (χ0) is 14.2. The molecule has 0 bridgehead atoms. The van der Waals surface area contributed by atoms with Gasteiger partial charge in [0.25, 0.3) is 0 Å². The van der Waals surface area contributed by atoms with Crippen molar-refractivity contribution >= 4 is 11.6 Å². The van der Waals surface area contributed by atoms with E-state index in [4.69, 9.17) is 4.74 Å². The van der Waals surface area contributed by atoms with E-state index in [1.165, 1.54) is 0 Å². The van der Waals surface area contributed by atoms with Crippen LogP contribution in [0.4, 0.5) is 0 Å². The average molecular weight is 261 g/mol. The minimum absolute atomic E-state index is 0.489. The van der Waals surface area contributed by atoms with E-state index in [0.29, 0.717) is 12.2 Å². The van der Waals surface area contributed by atoms with Crippen molar-refractivity contribution in [2.75, 3.05) is 6.61 Å². The molecule has 2 rings (SSSR count). The van der Waals surface area contributed by atoms with Crippen LogP contribution in [0.5, 0.6) is 5.75 Å². The molecule has 2 nitrogen and oxygen atoms in total. The highest BCUT2D eigenvalue weighted by molar-refractivity contribution is 5.89. The highest BCUT2D eigenvalue weighted by atomic mass is 16.5. The van der Waals surface area contributed by atoms with Crippen LogP contribution in [-0.2, 0) is 0 Å². The Morgan fingerprint density at radius 2 is 1.80 bits per heavy atom. The maximum absolute atomic E-state index is 9.26. The van der Waals surface area contributed by atoms with Gasteiger partial charge >= 0.3 is 0 Å². The fourth-order valence-corrected chi connectivity index (χ4v) is 1.78. The third-order valence-electron chi connectivity index (χ3n) is 2.76. The van der Waals surface area contributed by atoms with E-state index < -0.39 is 0 Å². The second kappa shape index (κ2) is 6.96. The zero-order valence-corrected chi connectivity index (χ0v) is 11.1. The van der Waals surface area contributed by atoms with E-state index in [0.717, 1.165) is 16.9 Å². The van der Waals surface area contributed by atoms with Gasteiger partial charge in [0.1, 0.15) is 12.4 Å². The maximum Gasteiger partial charge on any atom is 0.119 e. The topological polar surface area (TPSA) is 33.0 Å². The van der Waals surface area contributed by atoms with Crippen LogP contribution in [0.15, 0.2) is 67.3 Å². The number of nitriles is 1. The highest BCUT2D eigenvalue weighted by Gasteiger charge is 2.00. The Morgan fingerprint density at radius 1 is 1.10 bits per heavy atom. The quantitative estimate of drug-likeness (QED) is 0.456. The van der Waals surface area contributed by atoms with Crippen LogP contribution in [-0.4, -0.2) is 6.61 Å². The molecular weight excluding hydrogens is 246 g/mol. The molecule has 2 aromatic carbocycles. The first-order valence-electron chi connectivity index (χ1n) is 6.34. The Hall–Kier alpha value is -2.79. The molecule has 0 aromatic heterocycles. The highest BCUT2D eigenvalue weighted by Crippen LogP contribution is 2.19. The number of hydrogen-bond donors (Lipinski definition) is 0. The van der Waals surface area contributed by atoms with E-state index in [9.17, 15) is 5.26 Å². The van der Waals surface area contributed by atoms with E-state index >= 15 is 0 Å². The van der Waals surface area contributed by atoms with Gasteiger partial charge in [0.05, 0.1) is 11.6 Å². The summed E-state index contributed by atoms with van der Waals surface area (Å²) in [5.41, 5.74) is 2.53. The smallest absolute Gasteiger partial charge is 0.119 e. The zero-order valence-electron chi connectivity index (χ0n) is 11.1. The predicted octanol–water partition coefficient (Wildman–Crippen LogP) is 4.32. The van der Waals surface area contributed by atoms with Crippen LogP contribution in [0.1, 0.15) is 11.1 Å². The summed E-state index contributed by atoms with van der Waals surface area (Å²) in [5, 5.41) is 9.26. The molecule has 20 heavy (non-hydrogen) atoms. The fraction of sp³-hybridized carbons (Fsp3) is 0.0556. The molecule has 0 N–H and O–H groups in total. The van der Waals surface area contributed by atoms with Crippen LogP contribution in [0.25, 0.3) is 11.6 Å². The second-order valence-electron chi connectivity index (χ2n) is 4.20. The first-order chi connectivity index (χ1) is 9.83. The minimum Gasteiger partial charge on any atom is -0.490 e. The lowest BCUT2D eigenvalue weighted by molar-refractivity contribution is 0.363. The molecule has 0 amide bonds. The van der Waals surface area contributed by atoms with Crippen molar-refractivity contribution in [1.82, 2.24) is 0 Å². The van der Waals surface area contributed by atoms with Crippen LogP contribution >= 0.6 is 0 Å². The molecule has 2 aromatic rings. The van der Waals surface area contributed by atoms with Gasteiger partial charge < -0.3 is 4.74 Å². The molecule has 0 aliphatic carbocycles. The molecule has 0 aliphatic rings. The van der Waals surface area contributed by atoms with Crippen molar-refractivity contribution < 1.29 is 4.74 Å². The summed E-state index contributed by atoms with van der Waals surface area (Å²) in [4.78, 5) is 0. The summed E-state index contributed by atoms with van der Waals surface area (Å²) in [7, 11) is 0.